The minimum Gasteiger partial charge on any atom is -0.268 e. The largest absolute Gasteiger partial charge is 0.271 e. The number of hydrogen-bond acceptors (Lipinski definition) is 4. The van der Waals surface area contributed by atoms with Crippen molar-refractivity contribution in [2.24, 2.45) is 0 Å². The molecule has 0 atom stereocenters. The summed E-state index contributed by atoms with van der Waals surface area (Å²) in [6.07, 6.45) is 0. The van der Waals surface area contributed by atoms with Gasteiger partial charge in [-0.3, -0.25) is 19.5 Å². The number of rotatable bonds is 2. The Kier molecular flexibility index (Phi) is 3.38. The fraction of sp³-hybridized carbons (Fsp3) is 0.0667. The fourth-order valence-electron chi connectivity index (χ4n) is 2.32. The van der Waals surface area contributed by atoms with Gasteiger partial charge in [-0.15, -0.1) is 0 Å². The highest BCUT2D eigenvalue weighted by atomic mass is 35.5. The topological polar surface area (TPSA) is 78.0 Å². The number of halogens is 1. The molecular formula is C15H10ClN3O3. The number of aryl methyl sites for hydroxylation is 1. The quantitative estimate of drug-likeness (QED) is 0.537. The van der Waals surface area contributed by atoms with E-state index in [0.717, 1.165) is 0 Å². The van der Waals surface area contributed by atoms with E-state index in [-0.39, 0.29) is 11.2 Å². The number of nitrogens with zero attached hydrogens (tertiary/aromatic N) is 3. The van der Waals surface area contributed by atoms with Crippen molar-refractivity contribution in [1.82, 2.24) is 9.55 Å². The molecule has 1 aromatic heterocycles. The molecule has 0 radical (unpaired) electrons. The van der Waals surface area contributed by atoms with Gasteiger partial charge >= 0.3 is 0 Å². The number of benzene rings is 2. The highest BCUT2D eigenvalue weighted by molar-refractivity contribution is 6.31. The van der Waals surface area contributed by atoms with Crippen LogP contribution in [-0.4, -0.2) is 14.5 Å². The minimum atomic E-state index is -0.505. The van der Waals surface area contributed by atoms with Crippen molar-refractivity contribution in [2.45, 2.75) is 6.92 Å². The molecule has 0 aliphatic carbocycles. The van der Waals surface area contributed by atoms with Gasteiger partial charge in [-0.05, 0) is 31.2 Å². The summed E-state index contributed by atoms with van der Waals surface area (Å²) in [5.41, 5.74) is 0.528. The molecule has 0 amide bonds. The molecule has 0 spiro atoms. The molecule has 0 saturated heterocycles. The van der Waals surface area contributed by atoms with Gasteiger partial charge in [0.1, 0.15) is 5.82 Å². The lowest BCUT2D eigenvalue weighted by atomic mass is 10.2. The summed E-state index contributed by atoms with van der Waals surface area (Å²) in [5.74, 6) is 0.445. The zero-order valence-corrected chi connectivity index (χ0v) is 12.2. The molecule has 3 rings (SSSR count). The third-order valence-corrected chi connectivity index (χ3v) is 3.53. The molecule has 0 saturated carbocycles. The highest BCUT2D eigenvalue weighted by Crippen LogP contribution is 2.19. The SMILES string of the molecule is Cc1nc2ccc(Cl)cc2c(=O)n1-c1cccc([N+](=O)[O-])c1. The van der Waals surface area contributed by atoms with Gasteiger partial charge in [0.25, 0.3) is 11.2 Å². The Bertz CT molecular complexity index is 966. The molecule has 3 aromatic rings. The third kappa shape index (κ3) is 2.33. The Morgan fingerprint density at radius 1 is 1.23 bits per heavy atom. The maximum Gasteiger partial charge on any atom is 0.271 e. The maximum absolute atomic E-state index is 12.7. The average molecular weight is 316 g/mol. The Morgan fingerprint density at radius 2 is 2.00 bits per heavy atom. The molecule has 0 N–H and O–H groups in total. The van der Waals surface area contributed by atoms with E-state index in [4.69, 9.17) is 11.6 Å². The summed E-state index contributed by atoms with van der Waals surface area (Å²) in [6, 6.07) is 10.7. The van der Waals surface area contributed by atoms with Gasteiger partial charge in [0.2, 0.25) is 0 Å². The Labute approximate surface area is 129 Å². The number of fused-ring (bicyclic) bond motifs is 1. The summed E-state index contributed by atoms with van der Waals surface area (Å²) in [4.78, 5) is 27.4. The summed E-state index contributed by atoms with van der Waals surface area (Å²) in [6.45, 7) is 1.67. The Balaban J connectivity index is 2.33. The van der Waals surface area contributed by atoms with Gasteiger partial charge in [-0.2, -0.15) is 0 Å². The molecule has 7 heteroatoms. The summed E-state index contributed by atoms with van der Waals surface area (Å²) in [5, 5.41) is 11.7. The van der Waals surface area contributed by atoms with Crippen LogP contribution >= 0.6 is 11.6 Å². The van der Waals surface area contributed by atoms with Crippen LogP contribution in [0.3, 0.4) is 0 Å². The van der Waals surface area contributed by atoms with Crippen LogP contribution in [0.25, 0.3) is 16.6 Å². The van der Waals surface area contributed by atoms with Crippen LogP contribution in [0.1, 0.15) is 5.82 Å². The number of non-ortho nitro benzene ring substituents is 1. The fourth-order valence-corrected chi connectivity index (χ4v) is 2.49. The molecular weight excluding hydrogens is 306 g/mol. The van der Waals surface area contributed by atoms with Crippen LogP contribution in [0.5, 0.6) is 0 Å². The second kappa shape index (κ2) is 5.23. The molecule has 6 nitrogen and oxygen atoms in total. The van der Waals surface area contributed by atoms with E-state index in [0.29, 0.717) is 27.4 Å². The van der Waals surface area contributed by atoms with Crippen LogP contribution in [0, 0.1) is 17.0 Å². The van der Waals surface area contributed by atoms with E-state index in [1.54, 1.807) is 31.2 Å². The molecule has 1 heterocycles. The first-order chi connectivity index (χ1) is 10.5. The first kappa shape index (κ1) is 14.2. The van der Waals surface area contributed by atoms with Crippen molar-refractivity contribution in [3.63, 3.8) is 0 Å². The predicted octanol–water partition coefficient (Wildman–Crippen LogP) is 3.26. The van der Waals surface area contributed by atoms with E-state index in [1.165, 1.54) is 22.8 Å². The van der Waals surface area contributed by atoms with E-state index in [9.17, 15) is 14.9 Å². The lowest BCUT2D eigenvalue weighted by Crippen LogP contribution is -2.22. The van der Waals surface area contributed by atoms with Crippen molar-refractivity contribution in [3.05, 3.63) is 73.8 Å². The van der Waals surface area contributed by atoms with Crippen LogP contribution in [-0.2, 0) is 0 Å². The molecule has 22 heavy (non-hydrogen) atoms. The summed E-state index contributed by atoms with van der Waals surface area (Å²) >= 11 is 5.93. The molecule has 0 unspecified atom stereocenters. The second-order valence-corrected chi connectivity index (χ2v) is 5.17. The van der Waals surface area contributed by atoms with E-state index in [1.807, 2.05) is 0 Å². The molecule has 110 valence electrons. The highest BCUT2D eigenvalue weighted by Gasteiger charge is 2.13. The third-order valence-electron chi connectivity index (χ3n) is 3.30. The normalized spacial score (nSPS) is 10.8. The zero-order chi connectivity index (χ0) is 15.9. The van der Waals surface area contributed by atoms with Crippen molar-refractivity contribution in [1.29, 1.82) is 0 Å². The van der Waals surface area contributed by atoms with Crippen LogP contribution in [0.4, 0.5) is 5.69 Å². The summed E-state index contributed by atoms with van der Waals surface area (Å²) in [7, 11) is 0. The number of hydrogen-bond donors (Lipinski definition) is 0. The average Bonchev–Trinajstić information content (AvgIpc) is 2.48. The minimum absolute atomic E-state index is 0.0880. The van der Waals surface area contributed by atoms with E-state index < -0.39 is 4.92 Å². The van der Waals surface area contributed by atoms with Gasteiger partial charge in [0.05, 0.1) is 21.5 Å². The predicted molar refractivity (Wildman–Crippen MR) is 83.7 cm³/mol. The maximum atomic E-state index is 12.7. The number of nitro groups is 1. The van der Waals surface area contributed by atoms with E-state index in [2.05, 4.69) is 4.98 Å². The van der Waals surface area contributed by atoms with Crippen molar-refractivity contribution >= 4 is 28.2 Å². The molecule has 0 aliphatic heterocycles. The van der Waals surface area contributed by atoms with Gasteiger partial charge in [-0.25, -0.2) is 4.98 Å². The lowest BCUT2D eigenvalue weighted by Gasteiger charge is -2.10. The molecule has 0 aliphatic rings. The lowest BCUT2D eigenvalue weighted by molar-refractivity contribution is -0.384. The standard InChI is InChI=1S/C15H10ClN3O3/c1-9-17-14-6-5-10(16)7-13(14)15(20)18(9)11-3-2-4-12(8-11)19(21)22/h2-8H,1H3. The zero-order valence-electron chi connectivity index (χ0n) is 11.5. The van der Waals surface area contributed by atoms with Gasteiger partial charge < -0.3 is 0 Å². The van der Waals surface area contributed by atoms with Crippen LogP contribution in [0.2, 0.25) is 5.02 Å². The van der Waals surface area contributed by atoms with Crippen LogP contribution in [0.15, 0.2) is 47.3 Å². The summed E-state index contributed by atoms with van der Waals surface area (Å²) < 4.78 is 1.34. The van der Waals surface area contributed by atoms with Crippen molar-refractivity contribution in [2.75, 3.05) is 0 Å². The van der Waals surface area contributed by atoms with Gasteiger partial charge in [-0.1, -0.05) is 17.7 Å². The molecule has 0 fully saturated rings. The first-order valence-corrected chi connectivity index (χ1v) is 6.79. The number of nitro benzene ring substituents is 1. The van der Waals surface area contributed by atoms with E-state index >= 15 is 0 Å². The Hall–Kier alpha value is -2.73. The molecule has 2 aromatic carbocycles. The van der Waals surface area contributed by atoms with Gasteiger partial charge in [0, 0.05) is 17.2 Å². The first-order valence-electron chi connectivity index (χ1n) is 6.41. The van der Waals surface area contributed by atoms with Crippen LogP contribution < -0.4 is 5.56 Å². The van der Waals surface area contributed by atoms with Crippen molar-refractivity contribution in [3.8, 4) is 5.69 Å². The number of aromatic nitrogens is 2. The van der Waals surface area contributed by atoms with Gasteiger partial charge in [0.15, 0.2) is 0 Å². The smallest absolute Gasteiger partial charge is 0.268 e. The van der Waals surface area contributed by atoms with Crippen molar-refractivity contribution < 1.29 is 4.92 Å². The Morgan fingerprint density at radius 3 is 2.73 bits per heavy atom. The second-order valence-electron chi connectivity index (χ2n) is 4.74. The molecule has 0 bridgehead atoms. The monoisotopic (exact) mass is 315 g/mol.